The van der Waals surface area contributed by atoms with Crippen LogP contribution in [0.5, 0.6) is 17.2 Å². The molecule has 0 aliphatic heterocycles. The molecule has 0 heterocycles. The van der Waals surface area contributed by atoms with Gasteiger partial charge in [-0.15, -0.1) is 0 Å². The lowest BCUT2D eigenvalue weighted by molar-refractivity contribution is -0.138. The number of aliphatic carboxylic acids is 1. The number of nitrogens with one attached hydrogen (secondary N) is 1. The fourth-order valence-electron chi connectivity index (χ4n) is 2.61. The highest BCUT2D eigenvalue weighted by atomic mass is 19.1. The molecular formula is C20H22FNO6. The van der Waals surface area contributed by atoms with Crippen LogP contribution >= 0.6 is 0 Å². The lowest BCUT2D eigenvalue weighted by Crippen LogP contribution is -2.39. The average molecular weight is 391 g/mol. The first-order valence-corrected chi connectivity index (χ1v) is 8.50. The largest absolute Gasteiger partial charge is 0.497 e. The lowest BCUT2D eigenvalue weighted by Gasteiger charge is -2.22. The molecule has 0 saturated heterocycles. The summed E-state index contributed by atoms with van der Waals surface area (Å²) in [6.07, 6.45) is -1.33. The Hall–Kier alpha value is -3.29. The minimum atomic E-state index is -1.10. The lowest BCUT2D eigenvalue weighted by atomic mass is 10.0. The Kier molecular flexibility index (Phi) is 7.20. The molecule has 0 saturated carbocycles. The number of carboxylic acid groups (broad SMARTS) is 1. The molecule has 2 aromatic rings. The Labute approximate surface area is 162 Å². The number of ether oxygens (including phenoxy) is 3. The summed E-state index contributed by atoms with van der Waals surface area (Å²) >= 11 is 0. The van der Waals surface area contributed by atoms with Gasteiger partial charge in [0.05, 0.1) is 26.7 Å². The van der Waals surface area contributed by atoms with Gasteiger partial charge in [0, 0.05) is 17.7 Å². The standard InChI is InChI=1S/C20H22FNO6/c1-12(28-15-6-4-5-13(21)9-15)20(25)22-17(11-19(23)24)16-8-7-14(26-2)10-18(16)27-3/h4-10,12,17H,11H2,1-3H3,(H,22,25)(H,23,24). The van der Waals surface area contributed by atoms with E-state index in [2.05, 4.69) is 5.32 Å². The summed E-state index contributed by atoms with van der Waals surface area (Å²) in [4.78, 5) is 23.8. The van der Waals surface area contributed by atoms with Gasteiger partial charge in [0.25, 0.3) is 5.91 Å². The van der Waals surface area contributed by atoms with Crippen molar-refractivity contribution in [2.75, 3.05) is 14.2 Å². The van der Waals surface area contributed by atoms with Crippen LogP contribution in [0.25, 0.3) is 0 Å². The second-order valence-electron chi connectivity index (χ2n) is 5.98. The number of carbonyl (C=O) groups is 2. The van der Waals surface area contributed by atoms with Crippen LogP contribution in [0.3, 0.4) is 0 Å². The maximum atomic E-state index is 13.3. The van der Waals surface area contributed by atoms with E-state index in [1.54, 1.807) is 18.2 Å². The average Bonchev–Trinajstić information content (AvgIpc) is 2.66. The first-order valence-electron chi connectivity index (χ1n) is 8.50. The highest BCUT2D eigenvalue weighted by Gasteiger charge is 2.25. The number of halogens is 1. The second-order valence-corrected chi connectivity index (χ2v) is 5.98. The van der Waals surface area contributed by atoms with E-state index in [9.17, 15) is 19.1 Å². The fourth-order valence-corrected chi connectivity index (χ4v) is 2.61. The first kappa shape index (κ1) is 21.0. The topological polar surface area (TPSA) is 94.1 Å². The molecule has 2 rings (SSSR count). The van der Waals surface area contributed by atoms with E-state index in [0.717, 1.165) is 6.07 Å². The van der Waals surface area contributed by atoms with Crippen LogP contribution in [-0.4, -0.2) is 37.3 Å². The zero-order valence-corrected chi connectivity index (χ0v) is 15.8. The summed E-state index contributed by atoms with van der Waals surface area (Å²) in [6, 6.07) is 9.42. The molecule has 28 heavy (non-hydrogen) atoms. The molecule has 2 unspecified atom stereocenters. The van der Waals surface area contributed by atoms with Crippen molar-refractivity contribution in [1.29, 1.82) is 0 Å². The van der Waals surface area contributed by atoms with E-state index in [1.165, 1.54) is 39.3 Å². The van der Waals surface area contributed by atoms with E-state index >= 15 is 0 Å². The van der Waals surface area contributed by atoms with Crippen LogP contribution in [0.4, 0.5) is 4.39 Å². The van der Waals surface area contributed by atoms with Crippen LogP contribution in [0.2, 0.25) is 0 Å². The summed E-state index contributed by atoms with van der Waals surface area (Å²) in [5.41, 5.74) is 0.483. The second kappa shape index (κ2) is 9.59. The zero-order chi connectivity index (χ0) is 20.7. The predicted octanol–water partition coefficient (Wildman–Crippen LogP) is 2.94. The van der Waals surface area contributed by atoms with E-state index in [-0.39, 0.29) is 12.2 Å². The third-order valence-corrected chi connectivity index (χ3v) is 3.99. The number of benzene rings is 2. The number of carbonyl (C=O) groups excluding carboxylic acids is 1. The van der Waals surface area contributed by atoms with Crippen LogP contribution in [0.15, 0.2) is 42.5 Å². The van der Waals surface area contributed by atoms with Crippen molar-refractivity contribution >= 4 is 11.9 Å². The monoisotopic (exact) mass is 391 g/mol. The van der Waals surface area contributed by atoms with Crippen LogP contribution in [-0.2, 0) is 9.59 Å². The quantitative estimate of drug-likeness (QED) is 0.683. The van der Waals surface area contributed by atoms with Gasteiger partial charge in [-0.25, -0.2) is 4.39 Å². The molecule has 0 aliphatic carbocycles. The SMILES string of the molecule is COc1ccc(C(CC(=O)O)NC(=O)C(C)Oc2cccc(F)c2)c(OC)c1. The molecule has 150 valence electrons. The Morgan fingerprint density at radius 1 is 1.11 bits per heavy atom. The molecule has 0 aliphatic rings. The Balaban J connectivity index is 2.19. The van der Waals surface area contributed by atoms with Crippen LogP contribution in [0, 0.1) is 5.82 Å². The zero-order valence-electron chi connectivity index (χ0n) is 15.8. The van der Waals surface area contributed by atoms with Crippen molar-refractivity contribution in [3.8, 4) is 17.2 Å². The maximum Gasteiger partial charge on any atom is 0.305 e. The van der Waals surface area contributed by atoms with Crippen molar-refractivity contribution in [2.24, 2.45) is 0 Å². The van der Waals surface area contributed by atoms with E-state index in [0.29, 0.717) is 17.1 Å². The molecule has 1 amide bonds. The molecule has 8 heteroatoms. The molecule has 2 N–H and O–H groups in total. The van der Waals surface area contributed by atoms with Gasteiger partial charge in [0.1, 0.15) is 23.1 Å². The van der Waals surface area contributed by atoms with E-state index < -0.39 is 29.8 Å². The van der Waals surface area contributed by atoms with Crippen molar-refractivity contribution in [3.05, 3.63) is 53.8 Å². The third kappa shape index (κ3) is 5.60. The van der Waals surface area contributed by atoms with E-state index in [1.807, 2.05) is 0 Å². The number of amides is 1. The van der Waals surface area contributed by atoms with Crippen molar-refractivity contribution in [1.82, 2.24) is 5.32 Å². The van der Waals surface area contributed by atoms with Gasteiger partial charge < -0.3 is 24.6 Å². The van der Waals surface area contributed by atoms with Crippen molar-refractivity contribution in [3.63, 3.8) is 0 Å². The number of methoxy groups -OCH3 is 2. The summed E-state index contributed by atoms with van der Waals surface area (Å²) in [7, 11) is 2.93. The summed E-state index contributed by atoms with van der Waals surface area (Å²) < 4.78 is 29.1. The molecule has 0 spiro atoms. The van der Waals surface area contributed by atoms with Crippen LogP contribution in [0.1, 0.15) is 24.9 Å². The molecule has 2 aromatic carbocycles. The number of hydrogen-bond donors (Lipinski definition) is 2. The predicted molar refractivity (Wildman–Crippen MR) is 99.2 cm³/mol. The minimum absolute atomic E-state index is 0.194. The van der Waals surface area contributed by atoms with Gasteiger partial charge in [0.2, 0.25) is 0 Å². The summed E-state index contributed by atoms with van der Waals surface area (Å²) in [6.45, 7) is 1.49. The molecule has 0 aromatic heterocycles. The summed E-state index contributed by atoms with van der Waals surface area (Å²) in [5, 5.41) is 11.9. The van der Waals surface area contributed by atoms with Gasteiger partial charge in [-0.2, -0.15) is 0 Å². The highest BCUT2D eigenvalue weighted by Crippen LogP contribution is 2.31. The number of carboxylic acids is 1. The normalized spacial score (nSPS) is 12.6. The summed E-state index contributed by atoms with van der Waals surface area (Å²) in [5.74, 6) is -1.03. The molecular weight excluding hydrogens is 369 g/mol. The third-order valence-electron chi connectivity index (χ3n) is 3.99. The first-order chi connectivity index (χ1) is 13.3. The highest BCUT2D eigenvalue weighted by molar-refractivity contribution is 5.82. The van der Waals surface area contributed by atoms with Gasteiger partial charge in [0.15, 0.2) is 6.10 Å². The van der Waals surface area contributed by atoms with Crippen LogP contribution < -0.4 is 19.5 Å². The van der Waals surface area contributed by atoms with E-state index in [4.69, 9.17) is 14.2 Å². The number of hydrogen-bond acceptors (Lipinski definition) is 5. The molecule has 2 atom stereocenters. The molecule has 0 radical (unpaired) electrons. The van der Waals surface area contributed by atoms with Gasteiger partial charge in [-0.3, -0.25) is 9.59 Å². The fraction of sp³-hybridized carbons (Fsp3) is 0.300. The Morgan fingerprint density at radius 2 is 1.86 bits per heavy atom. The maximum absolute atomic E-state index is 13.3. The molecule has 0 bridgehead atoms. The van der Waals surface area contributed by atoms with Crippen molar-refractivity contribution in [2.45, 2.75) is 25.5 Å². The Bertz CT molecular complexity index is 841. The smallest absolute Gasteiger partial charge is 0.305 e. The van der Waals surface area contributed by atoms with Gasteiger partial charge in [-0.05, 0) is 31.2 Å². The molecule has 0 fully saturated rings. The Morgan fingerprint density at radius 3 is 2.46 bits per heavy atom. The molecule has 7 nitrogen and oxygen atoms in total. The number of rotatable bonds is 9. The minimum Gasteiger partial charge on any atom is -0.497 e. The van der Waals surface area contributed by atoms with Gasteiger partial charge >= 0.3 is 5.97 Å². The van der Waals surface area contributed by atoms with Gasteiger partial charge in [-0.1, -0.05) is 6.07 Å². The van der Waals surface area contributed by atoms with Crippen molar-refractivity contribution < 1.29 is 33.3 Å².